The number of benzene rings is 2. The molecule has 0 radical (unpaired) electrons. The molecule has 0 bridgehead atoms. The summed E-state index contributed by atoms with van der Waals surface area (Å²) in [7, 11) is 0. The maximum atomic E-state index is 13.7. The lowest BCUT2D eigenvalue weighted by Gasteiger charge is -2.28. The molecule has 4 heterocycles. The molecule has 2 amide bonds. The van der Waals surface area contributed by atoms with Gasteiger partial charge in [-0.15, -0.1) is 5.10 Å². The molecule has 1 atom stereocenters. The van der Waals surface area contributed by atoms with E-state index in [9.17, 15) is 9.59 Å². The van der Waals surface area contributed by atoms with E-state index in [1.807, 2.05) is 49.4 Å². The normalized spacial score (nSPS) is 19.9. The topological polar surface area (TPSA) is 103 Å². The number of nitrogen functional groups attached to an aromatic ring is 1. The zero-order valence-corrected chi connectivity index (χ0v) is 19.6. The van der Waals surface area contributed by atoms with Crippen molar-refractivity contribution in [3.05, 3.63) is 59.3 Å². The van der Waals surface area contributed by atoms with Crippen LogP contribution in [-0.4, -0.2) is 54.0 Å². The van der Waals surface area contributed by atoms with E-state index in [1.54, 1.807) is 14.5 Å². The summed E-state index contributed by atoms with van der Waals surface area (Å²) >= 11 is 0. The lowest BCUT2D eigenvalue weighted by atomic mass is 10.0. The number of aromatic nitrogens is 2. The molecule has 9 heteroatoms. The van der Waals surface area contributed by atoms with E-state index in [0.717, 1.165) is 40.4 Å². The van der Waals surface area contributed by atoms with E-state index >= 15 is 0 Å². The molecule has 3 aliphatic heterocycles. The summed E-state index contributed by atoms with van der Waals surface area (Å²) in [6.07, 6.45) is 1.78. The molecule has 1 unspecified atom stereocenters. The van der Waals surface area contributed by atoms with Crippen molar-refractivity contribution in [3.63, 3.8) is 0 Å². The molecule has 9 nitrogen and oxygen atoms in total. The maximum absolute atomic E-state index is 13.7. The smallest absolute Gasteiger partial charge is 0.277 e. The Morgan fingerprint density at radius 1 is 0.943 bits per heavy atom. The van der Waals surface area contributed by atoms with E-state index in [2.05, 4.69) is 5.10 Å². The first-order chi connectivity index (χ1) is 17.0. The molecule has 6 rings (SSSR count). The molecule has 1 saturated heterocycles. The first kappa shape index (κ1) is 21.7. The number of amides is 2. The second-order valence-corrected chi connectivity index (χ2v) is 9.17. The molecule has 3 aliphatic rings. The van der Waals surface area contributed by atoms with Gasteiger partial charge in [-0.25, -0.2) is 4.68 Å². The number of hydrogen-bond donors (Lipinski definition) is 1. The molecule has 2 aromatic carbocycles. The van der Waals surface area contributed by atoms with E-state index < -0.39 is 0 Å². The summed E-state index contributed by atoms with van der Waals surface area (Å²) in [4.78, 5) is 29.7. The van der Waals surface area contributed by atoms with Crippen LogP contribution in [0.25, 0.3) is 5.69 Å². The Kier molecular flexibility index (Phi) is 5.21. The number of nitrogens with two attached hydrogens (primary N) is 1. The molecule has 0 spiro atoms. The van der Waals surface area contributed by atoms with Crippen molar-refractivity contribution in [3.8, 4) is 11.4 Å². The van der Waals surface area contributed by atoms with Gasteiger partial charge in [0.1, 0.15) is 17.3 Å². The molecule has 0 saturated carbocycles. The minimum atomic E-state index is -0.146. The highest BCUT2D eigenvalue weighted by Crippen LogP contribution is 2.33. The van der Waals surface area contributed by atoms with Gasteiger partial charge in [-0.1, -0.05) is 0 Å². The molecule has 35 heavy (non-hydrogen) atoms. The second-order valence-electron chi connectivity index (χ2n) is 9.17. The van der Waals surface area contributed by atoms with Crippen LogP contribution in [0.5, 0.6) is 5.75 Å². The highest BCUT2D eigenvalue weighted by atomic mass is 16.5. The third-order valence-corrected chi connectivity index (χ3v) is 6.90. The van der Waals surface area contributed by atoms with Crippen molar-refractivity contribution in [1.82, 2.24) is 9.78 Å². The Balaban J connectivity index is 1.30. The van der Waals surface area contributed by atoms with Gasteiger partial charge in [0.25, 0.3) is 5.91 Å². The molecular formula is C26H27N5O4. The van der Waals surface area contributed by atoms with E-state index in [4.69, 9.17) is 15.2 Å². The van der Waals surface area contributed by atoms with Gasteiger partial charge in [0.15, 0.2) is 0 Å². The van der Waals surface area contributed by atoms with Gasteiger partial charge in [0.05, 0.1) is 38.0 Å². The van der Waals surface area contributed by atoms with Gasteiger partial charge in [-0.3, -0.25) is 9.59 Å². The lowest BCUT2D eigenvalue weighted by Crippen LogP contribution is -2.39. The van der Waals surface area contributed by atoms with Gasteiger partial charge < -0.3 is 25.0 Å². The number of fused-ring (bicyclic) bond motifs is 2. The first-order valence-corrected chi connectivity index (χ1v) is 12.0. The number of carbonyl (C=O) groups is 2. The molecule has 1 aromatic heterocycles. The van der Waals surface area contributed by atoms with Crippen molar-refractivity contribution in [1.29, 1.82) is 0 Å². The average molecular weight is 474 g/mol. The van der Waals surface area contributed by atoms with Crippen LogP contribution in [0.4, 0.5) is 17.2 Å². The van der Waals surface area contributed by atoms with Crippen molar-refractivity contribution < 1.29 is 19.1 Å². The number of carbonyl (C=O) groups excluding carboxylic acids is 2. The maximum Gasteiger partial charge on any atom is 0.277 e. The van der Waals surface area contributed by atoms with Crippen LogP contribution in [0.1, 0.15) is 35.0 Å². The van der Waals surface area contributed by atoms with E-state index in [0.29, 0.717) is 50.7 Å². The van der Waals surface area contributed by atoms with Gasteiger partial charge >= 0.3 is 0 Å². The number of anilines is 3. The zero-order valence-electron chi connectivity index (χ0n) is 19.6. The molecular weight excluding hydrogens is 446 g/mol. The standard InChI is InChI=1S/C26H27N5O4/c1-16-15-30(23(32)10-13-34-16)19-4-2-18(3-5-19)29-11-8-21-24(26(29)33)31(28-25(21)27)20-6-7-22-17(14-20)9-12-35-22/h2-7,14,16H,8-13,15H2,1H3,(H2,27,28). The third-order valence-electron chi connectivity index (χ3n) is 6.90. The Labute approximate surface area is 203 Å². The van der Waals surface area contributed by atoms with Crippen LogP contribution in [-0.2, 0) is 22.4 Å². The fourth-order valence-corrected chi connectivity index (χ4v) is 5.08. The fourth-order valence-electron chi connectivity index (χ4n) is 5.08. The SMILES string of the molecule is CC1CN(c2ccc(N3CCc4c(N)nn(-c5ccc6c(c5)CCO6)c4C3=O)cc2)C(=O)CCO1. The summed E-state index contributed by atoms with van der Waals surface area (Å²) in [6, 6.07) is 13.4. The molecule has 1 fully saturated rings. The fraction of sp³-hybridized carbons (Fsp3) is 0.346. The number of ether oxygens (including phenoxy) is 2. The average Bonchev–Trinajstić information content (AvgIpc) is 3.42. The minimum absolute atomic E-state index is 0.0280. The van der Waals surface area contributed by atoms with Gasteiger partial charge in [0.2, 0.25) is 5.91 Å². The van der Waals surface area contributed by atoms with Gasteiger partial charge in [-0.05, 0) is 61.4 Å². The van der Waals surface area contributed by atoms with Crippen LogP contribution in [0.3, 0.4) is 0 Å². The van der Waals surface area contributed by atoms with Crippen molar-refractivity contribution in [2.75, 3.05) is 41.8 Å². The quantitative estimate of drug-likeness (QED) is 0.628. The van der Waals surface area contributed by atoms with Crippen LogP contribution in [0.2, 0.25) is 0 Å². The zero-order chi connectivity index (χ0) is 24.1. The molecule has 0 aliphatic carbocycles. The second kappa shape index (κ2) is 8.42. The summed E-state index contributed by atoms with van der Waals surface area (Å²) in [5, 5.41) is 4.52. The Bertz CT molecular complexity index is 1320. The third kappa shape index (κ3) is 3.72. The van der Waals surface area contributed by atoms with E-state index in [-0.39, 0.29) is 17.9 Å². The monoisotopic (exact) mass is 473 g/mol. The number of rotatable bonds is 3. The van der Waals surface area contributed by atoms with Crippen LogP contribution < -0.4 is 20.3 Å². The van der Waals surface area contributed by atoms with Crippen LogP contribution in [0.15, 0.2) is 42.5 Å². The predicted molar refractivity (Wildman–Crippen MR) is 131 cm³/mol. The summed E-state index contributed by atoms with van der Waals surface area (Å²) in [6.45, 7) is 4.08. The van der Waals surface area contributed by atoms with Crippen molar-refractivity contribution in [2.45, 2.75) is 32.3 Å². The largest absolute Gasteiger partial charge is 0.493 e. The molecule has 3 aromatic rings. The molecule has 180 valence electrons. The first-order valence-electron chi connectivity index (χ1n) is 12.0. The van der Waals surface area contributed by atoms with Crippen molar-refractivity contribution in [2.24, 2.45) is 0 Å². The summed E-state index contributed by atoms with van der Waals surface area (Å²) in [5.74, 6) is 1.16. The van der Waals surface area contributed by atoms with Crippen LogP contribution in [0, 0.1) is 0 Å². The van der Waals surface area contributed by atoms with Gasteiger partial charge in [0, 0.05) is 29.9 Å². The predicted octanol–water partition coefficient (Wildman–Crippen LogP) is 2.73. The number of nitrogens with zero attached hydrogens (tertiary/aromatic N) is 4. The minimum Gasteiger partial charge on any atom is -0.493 e. The van der Waals surface area contributed by atoms with Crippen LogP contribution >= 0.6 is 0 Å². The number of hydrogen-bond acceptors (Lipinski definition) is 6. The van der Waals surface area contributed by atoms with E-state index in [1.165, 1.54) is 0 Å². The highest BCUT2D eigenvalue weighted by Gasteiger charge is 2.33. The Hall–Kier alpha value is -3.85. The summed E-state index contributed by atoms with van der Waals surface area (Å²) < 4.78 is 12.9. The molecule has 2 N–H and O–H groups in total. The Morgan fingerprint density at radius 3 is 2.49 bits per heavy atom. The highest BCUT2D eigenvalue weighted by molar-refractivity contribution is 6.08. The van der Waals surface area contributed by atoms with Gasteiger partial charge in [-0.2, -0.15) is 0 Å². The van der Waals surface area contributed by atoms with Crippen molar-refractivity contribution >= 4 is 29.0 Å². The summed E-state index contributed by atoms with van der Waals surface area (Å²) in [5.41, 5.74) is 11.0. The Morgan fingerprint density at radius 2 is 1.69 bits per heavy atom. The lowest BCUT2D eigenvalue weighted by molar-refractivity contribution is -0.118.